The van der Waals surface area contributed by atoms with E-state index in [1.54, 1.807) is 23.1 Å². The Kier molecular flexibility index (Phi) is 6.53. The van der Waals surface area contributed by atoms with Crippen LogP contribution in [0, 0.1) is 11.3 Å². The largest absolute Gasteiger partial charge is 0.353 e. The Labute approximate surface area is 184 Å². The summed E-state index contributed by atoms with van der Waals surface area (Å²) in [7, 11) is 0. The molecule has 0 aliphatic carbocycles. The van der Waals surface area contributed by atoms with Crippen molar-refractivity contribution in [2.45, 2.75) is 59.9 Å². The van der Waals surface area contributed by atoms with Crippen molar-refractivity contribution in [3.05, 3.63) is 34.9 Å². The molecule has 1 aromatic carbocycles. The highest BCUT2D eigenvalue weighted by Crippen LogP contribution is 2.26. The molecule has 1 aromatic rings. The second-order valence-electron chi connectivity index (χ2n) is 10.2. The number of piperidine rings is 1. The van der Waals surface area contributed by atoms with E-state index in [1.807, 2.05) is 34.6 Å². The van der Waals surface area contributed by atoms with Gasteiger partial charge in [-0.3, -0.25) is 24.1 Å². The zero-order valence-corrected chi connectivity index (χ0v) is 19.2. The molecular formula is C24H33N3O4. The van der Waals surface area contributed by atoms with Gasteiger partial charge in [-0.05, 0) is 42.4 Å². The van der Waals surface area contributed by atoms with Gasteiger partial charge < -0.3 is 10.2 Å². The van der Waals surface area contributed by atoms with Crippen LogP contribution in [0.1, 0.15) is 85.0 Å². The molecule has 1 N–H and O–H groups in total. The summed E-state index contributed by atoms with van der Waals surface area (Å²) in [4.78, 5) is 53.4. The highest BCUT2D eigenvalue weighted by Gasteiger charge is 2.36. The van der Waals surface area contributed by atoms with Crippen molar-refractivity contribution >= 4 is 23.6 Å². The first-order valence-electron chi connectivity index (χ1n) is 11.0. The Morgan fingerprint density at radius 1 is 1.06 bits per heavy atom. The Bertz CT molecular complexity index is 893. The lowest BCUT2D eigenvalue weighted by molar-refractivity contribution is -0.123. The van der Waals surface area contributed by atoms with Crippen LogP contribution in [0.5, 0.6) is 0 Å². The minimum Gasteiger partial charge on any atom is -0.353 e. The molecule has 7 heteroatoms. The molecule has 0 atom stereocenters. The Morgan fingerprint density at radius 2 is 1.68 bits per heavy atom. The fraction of sp³-hybridized carbons (Fsp3) is 0.583. The monoisotopic (exact) mass is 427 g/mol. The van der Waals surface area contributed by atoms with Gasteiger partial charge >= 0.3 is 0 Å². The smallest absolute Gasteiger partial charge is 0.261 e. The van der Waals surface area contributed by atoms with E-state index in [-0.39, 0.29) is 41.0 Å². The molecule has 0 unspecified atom stereocenters. The number of rotatable bonds is 5. The lowest BCUT2D eigenvalue weighted by Crippen LogP contribution is -2.47. The van der Waals surface area contributed by atoms with Gasteiger partial charge in [0.25, 0.3) is 17.7 Å². The van der Waals surface area contributed by atoms with Crippen molar-refractivity contribution in [1.82, 2.24) is 15.1 Å². The van der Waals surface area contributed by atoms with Gasteiger partial charge in [0.1, 0.15) is 0 Å². The molecule has 31 heavy (non-hydrogen) atoms. The van der Waals surface area contributed by atoms with Crippen molar-refractivity contribution in [1.29, 1.82) is 0 Å². The second kappa shape index (κ2) is 8.81. The number of hydrogen-bond acceptors (Lipinski definition) is 4. The summed E-state index contributed by atoms with van der Waals surface area (Å²) in [6, 6.07) is 4.84. The van der Waals surface area contributed by atoms with Crippen molar-refractivity contribution in [2.75, 3.05) is 19.6 Å². The maximum absolute atomic E-state index is 13.0. The average Bonchev–Trinajstić information content (AvgIpc) is 2.90. The van der Waals surface area contributed by atoms with Crippen LogP contribution in [0.3, 0.4) is 0 Å². The summed E-state index contributed by atoms with van der Waals surface area (Å²) in [6.07, 6.45) is 1.88. The Hall–Kier alpha value is -2.70. The zero-order chi connectivity index (χ0) is 22.9. The second-order valence-corrected chi connectivity index (χ2v) is 10.2. The molecule has 4 amide bonds. The number of nitrogens with zero attached hydrogens (tertiary/aromatic N) is 2. The minimum atomic E-state index is -0.330. The summed E-state index contributed by atoms with van der Waals surface area (Å²) in [5.74, 6) is -0.550. The predicted molar refractivity (Wildman–Crippen MR) is 118 cm³/mol. The van der Waals surface area contributed by atoms with Crippen LogP contribution in [0.25, 0.3) is 0 Å². The molecule has 0 saturated carbocycles. The number of fused-ring (bicyclic) bond motifs is 1. The maximum Gasteiger partial charge on any atom is 0.261 e. The summed E-state index contributed by atoms with van der Waals surface area (Å²) < 4.78 is 0. The van der Waals surface area contributed by atoms with E-state index < -0.39 is 0 Å². The summed E-state index contributed by atoms with van der Waals surface area (Å²) in [5, 5.41) is 3.08. The summed E-state index contributed by atoms with van der Waals surface area (Å²) in [6.45, 7) is 11.5. The van der Waals surface area contributed by atoms with E-state index in [0.717, 1.165) is 0 Å². The topological polar surface area (TPSA) is 86.8 Å². The van der Waals surface area contributed by atoms with E-state index in [9.17, 15) is 19.2 Å². The highest BCUT2D eigenvalue weighted by atomic mass is 16.2. The third-order valence-electron chi connectivity index (χ3n) is 5.60. The van der Waals surface area contributed by atoms with Crippen molar-refractivity contribution in [3.63, 3.8) is 0 Å². The molecule has 0 radical (unpaired) electrons. The first-order chi connectivity index (χ1) is 14.5. The van der Waals surface area contributed by atoms with Crippen LogP contribution in [0.15, 0.2) is 18.2 Å². The molecule has 1 fully saturated rings. The molecule has 168 valence electrons. The third kappa shape index (κ3) is 5.32. The van der Waals surface area contributed by atoms with Gasteiger partial charge in [0.2, 0.25) is 5.91 Å². The molecule has 1 saturated heterocycles. The van der Waals surface area contributed by atoms with E-state index in [4.69, 9.17) is 0 Å². The van der Waals surface area contributed by atoms with Crippen LogP contribution in [-0.4, -0.2) is 59.1 Å². The maximum atomic E-state index is 13.0. The number of carbonyl (C=O) groups is 4. The first-order valence-corrected chi connectivity index (χ1v) is 11.0. The van der Waals surface area contributed by atoms with Crippen LogP contribution < -0.4 is 5.32 Å². The number of carbonyl (C=O) groups excluding carboxylic acids is 4. The molecule has 0 aromatic heterocycles. The SMILES string of the molecule is CC(C)CN1C(=O)c2ccc(C(=O)N3CCC(NC(=O)CC(C)(C)C)CC3)cc2C1=O. The zero-order valence-electron chi connectivity index (χ0n) is 19.2. The summed E-state index contributed by atoms with van der Waals surface area (Å²) in [5.41, 5.74) is 1.03. The van der Waals surface area contributed by atoms with Crippen LogP contribution >= 0.6 is 0 Å². The Balaban J connectivity index is 1.62. The molecule has 2 aliphatic rings. The molecule has 2 aliphatic heterocycles. The van der Waals surface area contributed by atoms with Gasteiger partial charge in [-0.2, -0.15) is 0 Å². The number of nitrogens with one attached hydrogen (secondary N) is 1. The molecule has 0 bridgehead atoms. The van der Waals surface area contributed by atoms with Gasteiger partial charge in [0, 0.05) is 37.7 Å². The molecule has 7 nitrogen and oxygen atoms in total. The van der Waals surface area contributed by atoms with E-state index >= 15 is 0 Å². The minimum absolute atomic E-state index is 0.0463. The number of hydrogen-bond donors (Lipinski definition) is 1. The molecule has 3 rings (SSSR count). The third-order valence-corrected chi connectivity index (χ3v) is 5.60. The predicted octanol–water partition coefficient (Wildman–Crippen LogP) is 3.10. The summed E-state index contributed by atoms with van der Waals surface area (Å²) >= 11 is 0. The fourth-order valence-corrected chi connectivity index (χ4v) is 4.12. The molecule has 0 spiro atoms. The number of imide groups is 1. The average molecular weight is 428 g/mol. The van der Waals surface area contributed by atoms with Gasteiger partial charge in [0.15, 0.2) is 0 Å². The van der Waals surface area contributed by atoms with Crippen LogP contribution in [-0.2, 0) is 4.79 Å². The Morgan fingerprint density at radius 3 is 2.26 bits per heavy atom. The standard InChI is InChI=1S/C24H33N3O4/c1-15(2)14-27-22(30)18-7-6-16(12-19(18)23(27)31)21(29)26-10-8-17(9-11-26)25-20(28)13-24(3,4)5/h6-7,12,15,17H,8-11,13-14H2,1-5H3,(H,25,28). The number of amides is 4. The number of likely N-dealkylation sites (tertiary alicyclic amines) is 1. The van der Waals surface area contributed by atoms with Crippen molar-refractivity contribution in [2.24, 2.45) is 11.3 Å². The first kappa shape index (κ1) is 23.0. The van der Waals surface area contributed by atoms with Crippen molar-refractivity contribution in [3.8, 4) is 0 Å². The fourth-order valence-electron chi connectivity index (χ4n) is 4.12. The van der Waals surface area contributed by atoms with Gasteiger partial charge in [-0.25, -0.2) is 0 Å². The van der Waals surface area contributed by atoms with E-state index in [1.165, 1.54) is 4.90 Å². The van der Waals surface area contributed by atoms with Crippen LogP contribution in [0.4, 0.5) is 0 Å². The normalized spacial score (nSPS) is 17.4. The quantitative estimate of drug-likeness (QED) is 0.732. The van der Waals surface area contributed by atoms with E-state index in [2.05, 4.69) is 5.32 Å². The van der Waals surface area contributed by atoms with Crippen molar-refractivity contribution < 1.29 is 19.2 Å². The lowest BCUT2D eigenvalue weighted by atomic mass is 9.91. The van der Waals surface area contributed by atoms with Gasteiger partial charge in [-0.15, -0.1) is 0 Å². The van der Waals surface area contributed by atoms with Crippen LogP contribution in [0.2, 0.25) is 0 Å². The van der Waals surface area contributed by atoms with Gasteiger partial charge in [0.05, 0.1) is 11.1 Å². The highest BCUT2D eigenvalue weighted by molar-refractivity contribution is 6.22. The molecular weight excluding hydrogens is 394 g/mol. The number of benzene rings is 1. The lowest BCUT2D eigenvalue weighted by Gasteiger charge is -2.33. The molecule has 2 heterocycles. The van der Waals surface area contributed by atoms with E-state index in [0.29, 0.717) is 55.6 Å². The van der Waals surface area contributed by atoms with Gasteiger partial charge in [-0.1, -0.05) is 34.6 Å².